The van der Waals surface area contributed by atoms with Gasteiger partial charge in [-0.25, -0.2) is 0 Å². The third-order valence-corrected chi connectivity index (χ3v) is 4.08. The molecular formula is C16H27ClN2. The summed E-state index contributed by atoms with van der Waals surface area (Å²) in [7, 11) is 2.17. The van der Waals surface area contributed by atoms with E-state index in [4.69, 9.17) is 17.3 Å². The van der Waals surface area contributed by atoms with E-state index in [9.17, 15) is 0 Å². The van der Waals surface area contributed by atoms with Crippen LogP contribution >= 0.6 is 11.6 Å². The van der Waals surface area contributed by atoms with E-state index in [1.165, 1.54) is 31.2 Å². The monoisotopic (exact) mass is 282 g/mol. The molecule has 0 radical (unpaired) electrons. The number of nitrogens with two attached hydrogens (primary N) is 1. The van der Waals surface area contributed by atoms with Crippen LogP contribution in [0.15, 0.2) is 24.3 Å². The zero-order chi connectivity index (χ0) is 14.1. The van der Waals surface area contributed by atoms with Crippen molar-refractivity contribution in [3.63, 3.8) is 0 Å². The molecule has 3 heteroatoms. The van der Waals surface area contributed by atoms with E-state index in [0.717, 1.165) is 24.5 Å². The Balaban J connectivity index is 2.29. The smallest absolute Gasteiger partial charge is 0.0453 e. The predicted molar refractivity (Wildman–Crippen MR) is 84.6 cm³/mol. The molecule has 1 aromatic rings. The standard InChI is InChI=1S/C16H27ClN2/c1-14(15-10-6-7-11-16(15)17)19(2)13-9-5-3-4-8-12-18/h6-7,10-11,14H,3-5,8-9,12-13,18H2,1-2H3. The Morgan fingerprint density at radius 1 is 1.11 bits per heavy atom. The lowest BCUT2D eigenvalue weighted by Gasteiger charge is -2.25. The summed E-state index contributed by atoms with van der Waals surface area (Å²) in [5.41, 5.74) is 6.71. The predicted octanol–water partition coefficient (Wildman–Crippen LogP) is 4.24. The molecule has 1 atom stereocenters. The van der Waals surface area contributed by atoms with Crippen molar-refractivity contribution >= 4 is 11.6 Å². The number of halogens is 1. The number of unbranched alkanes of at least 4 members (excludes halogenated alkanes) is 4. The average molecular weight is 283 g/mol. The molecule has 1 aromatic carbocycles. The molecule has 0 aliphatic heterocycles. The second kappa shape index (κ2) is 9.35. The van der Waals surface area contributed by atoms with Gasteiger partial charge in [0.2, 0.25) is 0 Å². The SMILES string of the molecule is CC(c1ccccc1Cl)N(C)CCCCCCCN. The fourth-order valence-electron chi connectivity index (χ4n) is 2.28. The van der Waals surface area contributed by atoms with Crippen LogP contribution in [0.5, 0.6) is 0 Å². The van der Waals surface area contributed by atoms with Crippen LogP contribution in [0.2, 0.25) is 5.02 Å². The molecule has 0 amide bonds. The van der Waals surface area contributed by atoms with Crippen molar-refractivity contribution in [2.75, 3.05) is 20.1 Å². The van der Waals surface area contributed by atoms with Crippen molar-refractivity contribution in [3.05, 3.63) is 34.9 Å². The Morgan fingerprint density at radius 3 is 2.42 bits per heavy atom. The van der Waals surface area contributed by atoms with Gasteiger partial charge in [-0.1, -0.05) is 49.1 Å². The molecule has 108 valence electrons. The summed E-state index contributed by atoms with van der Waals surface area (Å²) in [5, 5.41) is 0.866. The van der Waals surface area contributed by atoms with Crippen LogP contribution in [0.3, 0.4) is 0 Å². The highest BCUT2D eigenvalue weighted by atomic mass is 35.5. The molecule has 0 bridgehead atoms. The minimum atomic E-state index is 0.373. The first-order valence-corrected chi connectivity index (χ1v) is 7.69. The number of benzene rings is 1. The van der Waals surface area contributed by atoms with E-state index in [2.05, 4.69) is 31.0 Å². The Morgan fingerprint density at radius 2 is 1.74 bits per heavy atom. The van der Waals surface area contributed by atoms with Gasteiger partial charge in [-0.05, 0) is 51.5 Å². The van der Waals surface area contributed by atoms with Crippen LogP contribution in [0.1, 0.15) is 50.6 Å². The molecule has 0 aromatic heterocycles. The van der Waals surface area contributed by atoms with E-state index in [0.29, 0.717) is 6.04 Å². The third kappa shape index (κ3) is 5.94. The van der Waals surface area contributed by atoms with Gasteiger partial charge >= 0.3 is 0 Å². The fraction of sp³-hybridized carbons (Fsp3) is 0.625. The molecule has 0 spiro atoms. The van der Waals surface area contributed by atoms with Crippen molar-refractivity contribution in [3.8, 4) is 0 Å². The zero-order valence-corrected chi connectivity index (χ0v) is 13.0. The molecule has 19 heavy (non-hydrogen) atoms. The summed E-state index contributed by atoms with van der Waals surface area (Å²) in [6.07, 6.45) is 6.26. The topological polar surface area (TPSA) is 29.3 Å². The van der Waals surface area contributed by atoms with Gasteiger partial charge in [0.15, 0.2) is 0 Å². The number of nitrogens with zero attached hydrogens (tertiary/aromatic N) is 1. The number of hydrogen-bond acceptors (Lipinski definition) is 2. The van der Waals surface area contributed by atoms with E-state index in [1.807, 2.05) is 12.1 Å². The Labute approximate surface area is 122 Å². The zero-order valence-electron chi connectivity index (χ0n) is 12.2. The lowest BCUT2D eigenvalue weighted by atomic mass is 10.1. The van der Waals surface area contributed by atoms with Gasteiger partial charge in [0.25, 0.3) is 0 Å². The minimum Gasteiger partial charge on any atom is -0.330 e. The maximum absolute atomic E-state index is 6.24. The normalized spacial score (nSPS) is 12.9. The fourth-order valence-corrected chi connectivity index (χ4v) is 2.57. The van der Waals surface area contributed by atoms with Crippen molar-refractivity contribution in [1.29, 1.82) is 0 Å². The summed E-state index contributed by atoms with van der Waals surface area (Å²) in [6, 6.07) is 8.49. The largest absolute Gasteiger partial charge is 0.330 e. The van der Waals surface area contributed by atoms with Crippen molar-refractivity contribution in [1.82, 2.24) is 4.90 Å². The molecule has 1 rings (SSSR count). The summed E-state index contributed by atoms with van der Waals surface area (Å²) >= 11 is 6.24. The summed E-state index contributed by atoms with van der Waals surface area (Å²) in [6.45, 7) is 4.16. The first kappa shape index (κ1) is 16.5. The van der Waals surface area contributed by atoms with E-state index in [1.54, 1.807) is 0 Å². The molecule has 0 aliphatic carbocycles. The second-order valence-electron chi connectivity index (χ2n) is 5.23. The third-order valence-electron chi connectivity index (χ3n) is 3.73. The van der Waals surface area contributed by atoms with Crippen LogP contribution in [0.4, 0.5) is 0 Å². The van der Waals surface area contributed by atoms with Crippen LogP contribution in [-0.2, 0) is 0 Å². The summed E-state index contributed by atoms with van der Waals surface area (Å²) in [5.74, 6) is 0. The molecule has 1 unspecified atom stereocenters. The highest BCUT2D eigenvalue weighted by Gasteiger charge is 2.13. The van der Waals surface area contributed by atoms with E-state index >= 15 is 0 Å². The Hall–Kier alpha value is -0.570. The van der Waals surface area contributed by atoms with Gasteiger partial charge in [-0.3, -0.25) is 4.90 Å². The lowest BCUT2D eigenvalue weighted by molar-refractivity contribution is 0.255. The number of hydrogen-bond donors (Lipinski definition) is 1. The maximum Gasteiger partial charge on any atom is 0.0453 e. The summed E-state index contributed by atoms with van der Waals surface area (Å²) in [4.78, 5) is 2.38. The minimum absolute atomic E-state index is 0.373. The highest BCUT2D eigenvalue weighted by Crippen LogP contribution is 2.26. The second-order valence-corrected chi connectivity index (χ2v) is 5.64. The van der Waals surface area contributed by atoms with Crippen molar-refractivity contribution < 1.29 is 0 Å². The van der Waals surface area contributed by atoms with E-state index in [-0.39, 0.29) is 0 Å². The Bertz CT molecular complexity index is 354. The number of rotatable bonds is 9. The molecule has 0 saturated heterocycles. The molecular weight excluding hydrogens is 256 g/mol. The highest BCUT2D eigenvalue weighted by molar-refractivity contribution is 6.31. The average Bonchev–Trinajstić information content (AvgIpc) is 2.42. The van der Waals surface area contributed by atoms with Crippen molar-refractivity contribution in [2.24, 2.45) is 5.73 Å². The molecule has 2 nitrogen and oxygen atoms in total. The Kier molecular flexibility index (Phi) is 8.11. The molecule has 0 heterocycles. The first-order valence-electron chi connectivity index (χ1n) is 7.31. The maximum atomic E-state index is 6.24. The van der Waals surface area contributed by atoms with Crippen molar-refractivity contribution in [2.45, 2.75) is 45.1 Å². The van der Waals surface area contributed by atoms with Gasteiger partial charge in [-0.2, -0.15) is 0 Å². The van der Waals surface area contributed by atoms with Crippen LogP contribution in [0.25, 0.3) is 0 Å². The first-order chi connectivity index (χ1) is 9.16. The van der Waals surface area contributed by atoms with Gasteiger partial charge in [0.05, 0.1) is 0 Å². The molecule has 2 N–H and O–H groups in total. The van der Waals surface area contributed by atoms with Crippen LogP contribution in [-0.4, -0.2) is 25.0 Å². The van der Waals surface area contributed by atoms with Gasteiger partial charge in [-0.15, -0.1) is 0 Å². The van der Waals surface area contributed by atoms with E-state index < -0.39 is 0 Å². The van der Waals surface area contributed by atoms with Gasteiger partial charge in [0.1, 0.15) is 0 Å². The molecule has 0 aliphatic rings. The lowest BCUT2D eigenvalue weighted by Crippen LogP contribution is -2.23. The van der Waals surface area contributed by atoms with Crippen LogP contribution < -0.4 is 5.73 Å². The summed E-state index contributed by atoms with van der Waals surface area (Å²) < 4.78 is 0. The quantitative estimate of drug-likeness (QED) is 0.687. The van der Waals surface area contributed by atoms with Gasteiger partial charge < -0.3 is 5.73 Å². The van der Waals surface area contributed by atoms with Gasteiger partial charge in [0, 0.05) is 11.1 Å². The molecule has 0 saturated carbocycles. The van der Waals surface area contributed by atoms with Crippen LogP contribution in [0, 0.1) is 0 Å². The molecule has 0 fully saturated rings.